The Kier molecular flexibility index (Phi) is 7.76. The standard InChI is InChI=1S/C27H27ClFN3O/c1-33-27-10-5-9-24(29)23(27)19-32(18-20-7-3-2-4-8-20)16-6-14-30-25-13-15-31-26-17-21(28)11-12-22(25)26/h2-5,7-13,15,17H,6,14,16,18-19H2,1H3,(H,30,31). The van der Waals surface area contributed by atoms with E-state index in [1.54, 1.807) is 19.4 Å². The van der Waals surface area contributed by atoms with Gasteiger partial charge in [-0.25, -0.2) is 4.39 Å². The van der Waals surface area contributed by atoms with Crippen molar-refractivity contribution in [2.75, 3.05) is 25.5 Å². The van der Waals surface area contributed by atoms with Crippen molar-refractivity contribution in [3.63, 3.8) is 0 Å². The molecule has 1 N–H and O–H groups in total. The van der Waals surface area contributed by atoms with E-state index in [4.69, 9.17) is 16.3 Å². The molecule has 1 aromatic heterocycles. The van der Waals surface area contributed by atoms with Crippen molar-refractivity contribution in [2.45, 2.75) is 19.5 Å². The van der Waals surface area contributed by atoms with E-state index >= 15 is 0 Å². The van der Waals surface area contributed by atoms with E-state index in [0.717, 1.165) is 42.6 Å². The van der Waals surface area contributed by atoms with Gasteiger partial charge in [-0.1, -0.05) is 48.0 Å². The molecular formula is C27H27ClFN3O. The van der Waals surface area contributed by atoms with Crippen LogP contribution in [0.2, 0.25) is 5.02 Å². The van der Waals surface area contributed by atoms with E-state index in [1.807, 2.05) is 48.5 Å². The molecule has 0 spiro atoms. The van der Waals surface area contributed by atoms with Gasteiger partial charge in [0.1, 0.15) is 11.6 Å². The number of ether oxygens (including phenoxy) is 1. The minimum absolute atomic E-state index is 0.243. The maximum Gasteiger partial charge on any atom is 0.131 e. The second kappa shape index (κ2) is 11.1. The minimum Gasteiger partial charge on any atom is -0.496 e. The topological polar surface area (TPSA) is 37.4 Å². The number of halogens is 2. The third kappa shape index (κ3) is 6.01. The van der Waals surface area contributed by atoms with Gasteiger partial charge >= 0.3 is 0 Å². The lowest BCUT2D eigenvalue weighted by Gasteiger charge is -2.24. The Morgan fingerprint density at radius 1 is 1.00 bits per heavy atom. The fraction of sp³-hybridized carbons (Fsp3) is 0.222. The predicted molar refractivity (Wildman–Crippen MR) is 133 cm³/mol. The third-order valence-corrected chi connectivity index (χ3v) is 5.83. The molecule has 0 aliphatic carbocycles. The highest BCUT2D eigenvalue weighted by atomic mass is 35.5. The molecule has 0 saturated carbocycles. The van der Waals surface area contributed by atoms with Gasteiger partial charge in [-0.15, -0.1) is 0 Å². The second-order valence-corrected chi connectivity index (χ2v) is 8.35. The number of aromatic nitrogens is 1. The van der Waals surface area contributed by atoms with Crippen LogP contribution >= 0.6 is 11.6 Å². The molecule has 1 heterocycles. The molecular weight excluding hydrogens is 437 g/mol. The van der Waals surface area contributed by atoms with Crippen LogP contribution in [0.25, 0.3) is 10.9 Å². The summed E-state index contributed by atoms with van der Waals surface area (Å²) in [6.07, 6.45) is 2.67. The highest BCUT2D eigenvalue weighted by Crippen LogP contribution is 2.25. The van der Waals surface area contributed by atoms with Crippen LogP contribution in [-0.2, 0) is 13.1 Å². The molecule has 4 aromatic rings. The first kappa shape index (κ1) is 23.0. The Morgan fingerprint density at radius 3 is 2.67 bits per heavy atom. The first-order chi connectivity index (χ1) is 16.1. The van der Waals surface area contributed by atoms with E-state index < -0.39 is 0 Å². The molecule has 0 radical (unpaired) electrons. The lowest BCUT2D eigenvalue weighted by atomic mass is 10.1. The van der Waals surface area contributed by atoms with E-state index in [0.29, 0.717) is 22.9 Å². The molecule has 6 heteroatoms. The number of pyridine rings is 1. The van der Waals surface area contributed by atoms with Crippen LogP contribution in [0.5, 0.6) is 5.75 Å². The molecule has 0 atom stereocenters. The number of fused-ring (bicyclic) bond motifs is 1. The van der Waals surface area contributed by atoms with Gasteiger partial charge in [-0.2, -0.15) is 0 Å². The van der Waals surface area contributed by atoms with Crippen molar-refractivity contribution in [1.82, 2.24) is 9.88 Å². The van der Waals surface area contributed by atoms with E-state index in [-0.39, 0.29) is 5.82 Å². The van der Waals surface area contributed by atoms with Crippen molar-refractivity contribution in [3.8, 4) is 5.75 Å². The molecule has 0 fully saturated rings. The average Bonchev–Trinajstić information content (AvgIpc) is 2.83. The maximum absolute atomic E-state index is 14.6. The van der Waals surface area contributed by atoms with Gasteiger partial charge in [-0.05, 0) is 48.4 Å². The highest BCUT2D eigenvalue weighted by molar-refractivity contribution is 6.31. The Bertz CT molecular complexity index is 1200. The Labute approximate surface area is 199 Å². The molecule has 0 unspecified atom stereocenters. The zero-order valence-electron chi connectivity index (χ0n) is 18.6. The minimum atomic E-state index is -0.243. The molecule has 0 bridgehead atoms. The maximum atomic E-state index is 14.6. The van der Waals surface area contributed by atoms with E-state index in [2.05, 4.69) is 27.3 Å². The summed E-state index contributed by atoms with van der Waals surface area (Å²) in [6.45, 7) is 2.78. The lowest BCUT2D eigenvalue weighted by Crippen LogP contribution is -2.26. The Balaban J connectivity index is 1.44. The predicted octanol–water partition coefficient (Wildman–Crippen LogP) is 6.54. The van der Waals surface area contributed by atoms with Gasteiger partial charge in [0.05, 0.1) is 12.6 Å². The van der Waals surface area contributed by atoms with Gasteiger partial charge in [0.2, 0.25) is 0 Å². The normalized spacial score (nSPS) is 11.2. The van der Waals surface area contributed by atoms with Gasteiger partial charge in [0, 0.05) is 54.0 Å². The molecule has 0 aliphatic heterocycles. The number of benzene rings is 3. The van der Waals surface area contributed by atoms with Crippen LogP contribution in [-0.4, -0.2) is 30.1 Å². The summed E-state index contributed by atoms with van der Waals surface area (Å²) in [7, 11) is 1.58. The summed E-state index contributed by atoms with van der Waals surface area (Å²) in [5, 5.41) is 5.23. The number of anilines is 1. The number of rotatable bonds is 10. The van der Waals surface area contributed by atoms with E-state index in [1.165, 1.54) is 11.6 Å². The third-order valence-electron chi connectivity index (χ3n) is 5.60. The lowest BCUT2D eigenvalue weighted by molar-refractivity contribution is 0.247. The molecule has 3 aromatic carbocycles. The molecule has 0 amide bonds. The summed E-state index contributed by atoms with van der Waals surface area (Å²) >= 11 is 6.10. The number of hydrogen-bond donors (Lipinski definition) is 1. The largest absolute Gasteiger partial charge is 0.496 e. The number of nitrogens with one attached hydrogen (secondary N) is 1. The summed E-state index contributed by atoms with van der Waals surface area (Å²) < 4.78 is 20.0. The average molecular weight is 464 g/mol. The number of hydrogen-bond acceptors (Lipinski definition) is 4. The molecule has 4 nitrogen and oxygen atoms in total. The monoisotopic (exact) mass is 463 g/mol. The van der Waals surface area contributed by atoms with Crippen molar-refractivity contribution < 1.29 is 9.13 Å². The van der Waals surface area contributed by atoms with E-state index in [9.17, 15) is 4.39 Å². The SMILES string of the molecule is COc1cccc(F)c1CN(CCCNc1ccnc2cc(Cl)ccc12)Cc1ccccc1. The molecule has 0 saturated heterocycles. The quantitative estimate of drug-likeness (QED) is 0.271. The van der Waals surface area contributed by atoms with Crippen molar-refractivity contribution in [1.29, 1.82) is 0 Å². The number of methoxy groups -OCH3 is 1. The zero-order valence-corrected chi connectivity index (χ0v) is 19.4. The fourth-order valence-corrected chi connectivity index (χ4v) is 4.13. The van der Waals surface area contributed by atoms with Crippen LogP contribution in [0, 0.1) is 5.82 Å². The van der Waals surface area contributed by atoms with Gasteiger partial charge in [-0.3, -0.25) is 9.88 Å². The number of nitrogens with zero attached hydrogens (tertiary/aromatic N) is 2. The second-order valence-electron chi connectivity index (χ2n) is 7.92. The zero-order chi connectivity index (χ0) is 23.0. The van der Waals surface area contributed by atoms with Crippen LogP contribution in [0.3, 0.4) is 0 Å². The molecule has 4 rings (SSSR count). The Hall–Kier alpha value is -3.15. The van der Waals surface area contributed by atoms with Crippen LogP contribution in [0.1, 0.15) is 17.5 Å². The summed E-state index contributed by atoms with van der Waals surface area (Å²) in [6, 6.07) is 22.9. The first-order valence-electron chi connectivity index (χ1n) is 11.0. The summed E-state index contributed by atoms with van der Waals surface area (Å²) in [5.41, 5.74) is 3.67. The Morgan fingerprint density at radius 2 is 1.85 bits per heavy atom. The van der Waals surface area contributed by atoms with Gasteiger partial charge in [0.25, 0.3) is 0 Å². The van der Waals surface area contributed by atoms with Crippen molar-refractivity contribution in [3.05, 3.63) is 101 Å². The summed E-state index contributed by atoms with van der Waals surface area (Å²) in [4.78, 5) is 6.65. The highest BCUT2D eigenvalue weighted by Gasteiger charge is 2.15. The smallest absolute Gasteiger partial charge is 0.131 e. The van der Waals surface area contributed by atoms with Crippen molar-refractivity contribution in [2.24, 2.45) is 0 Å². The fourth-order valence-electron chi connectivity index (χ4n) is 3.96. The first-order valence-corrected chi connectivity index (χ1v) is 11.4. The molecule has 0 aliphatic rings. The van der Waals surface area contributed by atoms with Crippen LogP contribution in [0.4, 0.5) is 10.1 Å². The molecule has 33 heavy (non-hydrogen) atoms. The summed E-state index contributed by atoms with van der Waals surface area (Å²) in [5.74, 6) is 0.334. The van der Waals surface area contributed by atoms with Crippen molar-refractivity contribution >= 4 is 28.2 Å². The molecule has 170 valence electrons. The van der Waals surface area contributed by atoms with Gasteiger partial charge in [0.15, 0.2) is 0 Å². The van der Waals surface area contributed by atoms with Crippen LogP contribution < -0.4 is 10.1 Å². The van der Waals surface area contributed by atoms with Crippen LogP contribution in [0.15, 0.2) is 79.0 Å². The van der Waals surface area contributed by atoms with Gasteiger partial charge < -0.3 is 10.1 Å².